The molecule has 0 bridgehead atoms. The number of thiocarbonyl (C=S) groups is 1. The summed E-state index contributed by atoms with van der Waals surface area (Å²) in [7, 11) is 0. The second-order valence-corrected chi connectivity index (χ2v) is 6.38. The number of nitrogens with zero attached hydrogens (tertiary/aromatic N) is 2. The zero-order valence-electron chi connectivity index (χ0n) is 13.9. The van der Waals surface area contributed by atoms with Crippen LogP contribution in [0.15, 0.2) is 18.2 Å². The first-order chi connectivity index (χ1) is 9.97. The van der Waals surface area contributed by atoms with Gasteiger partial charge in [-0.3, -0.25) is 9.69 Å². The van der Waals surface area contributed by atoms with Crippen LogP contribution in [0.5, 0.6) is 0 Å². The van der Waals surface area contributed by atoms with Gasteiger partial charge in [-0.2, -0.15) is 0 Å². The quantitative estimate of drug-likeness (QED) is 0.378. The number of nitrogens with one attached hydrogen (secondary N) is 1. The summed E-state index contributed by atoms with van der Waals surface area (Å²) in [5.41, 5.74) is 3.10. The number of hydrogen-bond donors (Lipinski definition) is 1. The van der Waals surface area contributed by atoms with Crippen molar-refractivity contribution in [1.29, 1.82) is 0 Å². The Labute approximate surface area is 170 Å². The van der Waals surface area contributed by atoms with Gasteiger partial charge < -0.3 is 40.5 Å². The molecule has 3 N–H and O–H groups in total. The number of rotatable bonds is 3. The van der Waals surface area contributed by atoms with Gasteiger partial charge in [-0.25, -0.2) is 0 Å². The van der Waals surface area contributed by atoms with Crippen LogP contribution in [0.1, 0.15) is 11.1 Å². The number of anilines is 1. The van der Waals surface area contributed by atoms with Crippen LogP contribution in [0.2, 0.25) is 0 Å². The number of para-hydroxylation sites is 1. The zero-order chi connectivity index (χ0) is 15.4. The second-order valence-electron chi connectivity index (χ2n) is 5.34. The van der Waals surface area contributed by atoms with Gasteiger partial charge in [0.2, 0.25) is 5.91 Å². The molecular weight excluding hydrogens is 341 g/mol. The van der Waals surface area contributed by atoms with E-state index in [0.717, 1.165) is 43.0 Å². The Hall–Kier alpha value is -0.280. The standard InChI is InChI=1S/C15H21N3OS2.Na.H2O/c1-11-4-3-5-12(2)14(11)16-13(19)10-17-6-8-18(9-7-17)15(20)21;;/h3-5H,6-10H2,1-2H3,(H,16,19)(H,20,21);;1H2/q;+1;/p-1. The Morgan fingerprint density at radius 1 is 1.22 bits per heavy atom. The monoisotopic (exact) mass is 363 g/mol. The largest absolute Gasteiger partial charge is 1.00 e. The van der Waals surface area contributed by atoms with E-state index in [2.05, 4.69) is 10.2 Å². The van der Waals surface area contributed by atoms with Gasteiger partial charge in [-0.1, -0.05) is 22.5 Å². The smallest absolute Gasteiger partial charge is 0.412 e. The van der Waals surface area contributed by atoms with Gasteiger partial charge in [0.1, 0.15) is 0 Å². The number of piperazine rings is 1. The van der Waals surface area contributed by atoms with Crippen LogP contribution < -0.4 is 34.9 Å². The molecule has 5 nitrogen and oxygen atoms in total. The minimum Gasteiger partial charge on any atom is -0.412 e. The van der Waals surface area contributed by atoms with Crippen molar-refractivity contribution >= 4 is 40.8 Å². The molecule has 0 saturated carbocycles. The third-order valence-corrected chi connectivity index (χ3v) is 4.26. The molecule has 0 radical (unpaired) electrons. The van der Waals surface area contributed by atoms with E-state index in [0.29, 0.717) is 10.9 Å². The summed E-state index contributed by atoms with van der Waals surface area (Å²) in [6.45, 7) is 7.66. The summed E-state index contributed by atoms with van der Waals surface area (Å²) < 4.78 is 0.523. The minimum absolute atomic E-state index is 0. The maximum atomic E-state index is 12.2. The summed E-state index contributed by atoms with van der Waals surface area (Å²) in [6, 6.07) is 6.01. The van der Waals surface area contributed by atoms with E-state index in [1.54, 1.807) is 0 Å². The fourth-order valence-corrected chi connectivity index (χ4v) is 2.85. The molecule has 1 amide bonds. The van der Waals surface area contributed by atoms with Crippen LogP contribution in [-0.2, 0) is 17.4 Å². The molecule has 1 saturated heterocycles. The van der Waals surface area contributed by atoms with Gasteiger partial charge in [0.25, 0.3) is 0 Å². The molecule has 0 atom stereocenters. The number of hydrogen-bond acceptors (Lipinski definition) is 4. The van der Waals surface area contributed by atoms with Crippen molar-refractivity contribution in [2.45, 2.75) is 13.8 Å². The molecule has 0 unspecified atom stereocenters. The molecule has 0 spiro atoms. The van der Waals surface area contributed by atoms with Gasteiger partial charge in [0.15, 0.2) is 0 Å². The van der Waals surface area contributed by atoms with E-state index in [9.17, 15) is 4.79 Å². The third kappa shape index (κ3) is 6.62. The summed E-state index contributed by atoms with van der Waals surface area (Å²) in [4.78, 5) is 16.3. The summed E-state index contributed by atoms with van der Waals surface area (Å²) in [5, 5.41) is 3.02. The Morgan fingerprint density at radius 3 is 2.22 bits per heavy atom. The molecule has 0 aliphatic carbocycles. The fourth-order valence-electron chi connectivity index (χ4n) is 2.48. The van der Waals surface area contributed by atoms with Crippen molar-refractivity contribution in [1.82, 2.24) is 9.80 Å². The van der Waals surface area contributed by atoms with Crippen LogP contribution in [0.3, 0.4) is 0 Å². The van der Waals surface area contributed by atoms with Crippen molar-refractivity contribution in [2.24, 2.45) is 0 Å². The van der Waals surface area contributed by atoms with Crippen molar-refractivity contribution in [3.05, 3.63) is 29.3 Å². The van der Waals surface area contributed by atoms with E-state index in [-0.39, 0.29) is 40.9 Å². The average Bonchev–Trinajstić information content (AvgIpc) is 2.43. The minimum atomic E-state index is 0. The van der Waals surface area contributed by atoms with Gasteiger partial charge in [0.05, 0.1) is 6.54 Å². The zero-order valence-corrected chi connectivity index (χ0v) is 17.5. The van der Waals surface area contributed by atoms with E-state index in [1.807, 2.05) is 36.9 Å². The maximum absolute atomic E-state index is 12.2. The van der Waals surface area contributed by atoms with Crippen LogP contribution >= 0.6 is 12.2 Å². The molecule has 122 valence electrons. The van der Waals surface area contributed by atoms with Crippen LogP contribution in [0.4, 0.5) is 5.69 Å². The molecule has 1 aromatic rings. The second kappa shape index (κ2) is 10.6. The first-order valence-corrected chi connectivity index (χ1v) is 7.83. The third-order valence-electron chi connectivity index (χ3n) is 3.74. The molecule has 0 aromatic heterocycles. The SMILES string of the molecule is Cc1cccc(C)c1NC(=O)CN1CCN(C(=S)[S-])CC1.O.[Na+]. The van der Waals surface area contributed by atoms with Gasteiger partial charge >= 0.3 is 29.6 Å². The average molecular weight is 363 g/mol. The molecule has 8 heteroatoms. The van der Waals surface area contributed by atoms with E-state index >= 15 is 0 Å². The fraction of sp³-hybridized carbons (Fsp3) is 0.467. The Balaban J connectivity index is 0.00000242. The van der Waals surface area contributed by atoms with E-state index in [1.165, 1.54) is 0 Å². The van der Waals surface area contributed by atoms with Gasteiger partial charge in [-0.15, -0.1) is 0 Å². The predicted octanol–water partition coefficient (Wildman–Crippen LogP) is -2.13. The number of benzene rings is 1. The molecular formula is C15H22N3NaO2S2. The number of aryl methyl sites for hydroxylation is 2. The van der Waals surface area contributed by atoms with Crippen molar-refractivity contribution < 1.29 is 39.8 Å². The van der Waals surface area contributed by atoms with E-state index in [4.69, 9.17) is 24.8 Å². The molecule has 1 fully saturated rings. The van der Waals surface area contributed by atoms with Gasteiger partial charge in [0, 0.05) is 31.9 Å². The topological polar surface area (TPSA) is 67.1 Å². The maximum Gasteiger partial charge on any atom is 1.00 e. The summed E-state index contributed by atoms with van der Waals surface area (Å²) in [6.07, 6.45) is 0. The van der Waals surface area contributed by atoms with Gasteiger partial charge in [-0.05, 0) is 25.0 Å². The molecule has 1 aliphatic heterocycles. The normalized spacial score (nSPS) is 14.4. The van der Waals surface area contributed by atoms with Crippen LogP contribution in [-0.4, -0.2) is 58.2 Å². The predicted molar refractivity (Wildman–Crippen MR) is 96.1 cm³/mol. The Morgan fingerprint density at radius 2 is 1.74 bits per heavy atom. The molecule has 1 aromatic carbocycles. The first kappa shape index (κ1) is 22.7. The Bertz CT molecular complexity index is 529. The molecule has 2 rings (SSSR count). The van der Waals surface area contributed by atoms with Crippen LogP contribution in [0.25, 0.3) is 0 Å². The number of amides is 1. The number of carbonyl (C=O) groups excluding carboxylic acids is 1. The molecule has 1 aliphatic rings. The summed E-state index contributed by atoms with van der Waals surface area (Å²) in [5.74, 6) is 0.0294. The molecule has 1 heterocycles. The summed E-state index contributed by atoms with van der Waals surface area (Å²) >= 11 is 10.0. The van der Waals surface area contributed by atoms with Crippen molar-refractivity contribution in [3.63, 3.8) is 0 Å². The Kier molecular flexibility index (Phi) is 10.4. The van der Waals surface area contributed by atoms with Crippen LogP contribution in [0, 0.1) is 13.8 Å². The first-order valence-electron chi connectivity index (χ1n) is 7.01. The molecule has 23 heavy (non-hydrogen) atoms. The van der Waals surface area contributed by atoms with Crippen molar-refractivity contribution in [3.8, 4) is 0 Å². The number of carbonyl (C=O) groups is 1. The van der Waals surface area contributed by atoms with E-state index < -0.39 is 0 Å². The van der Waals surface area contributed by atoms with Crippen molar-refractivity contribution in [2.75, 3.05) is 38.0 Å².